The summed E-state index contributed by atoms with van der Waals surface area (Å²) in [6.45, 7) is 4.23. The maximum Gasteiger partial charge on any atom is 0.318 e. The molecule has 0 N–H and O–H groups in total. The van der Waals surface area contributed by atoms with Gasteiger partial charge in [-0.25, -0.2) is 0 Å². The smallest absolute Gasteiger partial charge is 0.318 e. The minimum atomic E-state index is -0.276. The lowest BCUT2D eigenvalue weighted by molar-refractivity contribution is -0.0692. The van der Waals surface area contributed by atoms with Gasteiger partial charge in [-0.3, -0.25) is 0 Å². The topological polar surface area (TPSA) is 27.7 Å². The van der Waals surface area contributed by atoms with E-state index in [9.17, 15) is 0 Å². The van der Waals surface area contributed by atoms with Crippen LogP contribution in [0.15, 0.2) is 42.5 Å². The zero-order valence-corrected chi connectivity index (χ0v) is 9.09. The summed E-state index contributed by atoms with van der Waals surface area (Å²) in [6.07, 6.45) is 2.67. The summed E-state index contributed by atoms with van der Waals surface area (Å²) in [6, 6.07) is 10.1. The predicted octanol–water partition coefficient (Wildman–Crippen LogP) is 2.64. The third kappa shape index (κ3) is 2.92. The molecule has 1 aliphatic rings. The summed E-state index contributed by atoms with van der Waals surface area (Å²) in [7, 11) is 0. The lowest BCUT2D eigenvalue weighted by Gasteiger charge is -2.11. The summed E-state index contributed by atoms with van der Waals surface area (Å²) >= 11 is 0. The molecule has 0 spiro atoms. The minimum Gasteiger partial charge on any atom is -0.463 e. The zero-order chi connectivity index (χ0) is 11.2. The van der Waals surface area contributed by atoms with E-state index in [-0.39, 0.29) is 6.29 Å². The van der Waals surface area contributed by atoms with Gasteiger partial charge in [0.15, 0.2) is 6.26 Å². The van der Waals surface area contributed by atoms with Crippen molar-refractivity contribution in [3.8, 4) is 0 Å². The number of rotatable bonds is 5. The van der Waals surface area contributed by atoms with Crippen LogP contribution in [0.4, 0.5) is 0 Å². The molecular formula is C13H15O3. The molecule has 0 aliphatic carbocycles. The molecule has 85 valence electrons. The first-order valence-corrected chi connectivity index (χ1v) is 5.37. The SMILES string of the molecule is [CH2]CCOC1=COC(Cc2ccccc2)O1. The van der Waals surface area contributed by atoms with Crippen molar-refractivity contribution in [2.45, 2.75) is 19.1 Å². The Morgan fingerprint density at radius 3 is 2.81 bits per heavy atom. The van der Waals surface area contributed by atoms with Crippen molar-refractivity contribution in [3.05, 3.63) is 55.0 Å². The van der Waals surface area contributed by atoms with Gasteiger partial charge in [0, 0.05) is 6.42 Å². The largest absolute Gasteiger partial charge is 0.463 e. The molecule has 0 saturated carbocycles. The van der Waals surface area contributed by atoms with Gasteiger partial charge in [0.1, 0.15) is 0 Å². The fourth-order valence-electron chi connectivity index (χ4n) is 1.45. The summed E-state index contributed by atoms with van der Waals surface area (Å²) in [4.78, 5) is 0. The molecule has 1 unspecified atom stereocenters. The molecule has 1 aromatic carbocycles. The lowest BCUT2D eigenvalue weighted by atomic mass is 10.1. The number of hydrogen-bond donors (Lipinski definition) is 0. The van der Waals surface area contributed by atoms with E-state index in [4.69, 9.17) is 14.2 Å². The van der Waals surface area contributed by atoms with Crippen molar-refractivity contribution in [1.82, 2.24) is 0 Å². The Balaban J connectivity index is 1.79. The highest BCUT2D eigenvalue weighted by atomic mass is 16.8. The van der Waals surface area contributed by atoms with Gasteiger partial charge in [0.25, 0.3) is 0 Å². The normalized spacial score (nSPS) is 18.6. The Morgan fingerprint density at radius 1 is 1.25 bits per heavy atom. The van der Waals surface area contributed by atoms with E-state index in [2.05, 4.69) is 6.92 Å². The van der Waals surface area contributed by atoms with Gasteiger partial charge in [0.2, 0.25) is 6.29 Å². The van der Waals surface area contributed by atoms with Crippen LogP contribution in [0, 0.1) is 6.92 Å². The Labute approximate surface area is 95.6 Å². The fraction of sp³-hybridized carbons (Fsp3) is 0.308. The van der Waals surface area contributed by atoms with Crippen LogP contribution in [0.3, 0.4) is 0 Å². The Kier molecular flexibility index (Phi) is 3.70. The first-order chi connectivity index (χ1) is 7.88. The first-order valence-electron chi connectivity index (χ1n) is 5.37. The number of benzene rings is 1. The number of hydrogen-bond acceptors (Lipinski definition) is 3. The maximum absolute atomic E-state index is 5.46. The highest BCUT2D eigenvalue weighted by Crippen LogP contribution is 2.18. The van der Waals surface area contributed by atoms with Crippen molar-refractivity contribution in [2.75, 3.05) is 6.61 Å². The summed E-state index contributed by atoms with van der Waals surface area (Å²) in [5, 5.41) is 0. The third-order valence-corrected chi connectivity index (χ3v) is 2.20. The monoisotopic (exact) mass is 219 g/mol. The fourth-order valence-corrected chi connectivity index (χ4v) is 1.45. The standard InChI is InChI=1S/C13H15O3/c1-2-8-14-13-10-15-12(16-13)9-11-6-4-3-5-7-11/h3-7,10,12H,1-2,8-9H2. The van der Waals surface area contributed by atoms with Crippen LogP contribution in [0.25, 0.3) is 0 Å². The van der Waals surface area contributed by atoms with Crippen LogP contribution in [0.1, 0.15) is 12.0 Å². The van der Waals surface area contributed by atoms with E-state index in [1.54, 1.807) is 0 Å². The molecule has 1 aromatic rings. The van der Waals surface area contributed by atoms with E-state index >= 15 is 0 Å². The molecule has 1 heterocycles. The summed E-state index contributed by atoms with van der Waals surface area (Å²) < 4.78 is 16.1. The highest BCUT2D eigenvalue weighted by Gasteiger charge is 2.20. The van der Waals surface area contributed by atoms with Gasteiger partial charge in [-0.05, 0) is 18.9 Å². The molecule has 1 aliphatic heterocycles. The van der Waals surface area contributed by atoms with Crippen LogP contribution in [-0.2, 0) is 20.6 Å². The van der Waals surface area contributed by atoms with Gasteiger partial charge in [-0.1, -0.05) is 30.3 Å². The molecular weight excluding hydrogens is 204 g/mol. The van der Waals surface area contributed by atoms with E-state index in [0.717, 1.165) is 0 Å². The van der Waals surface area contributed by atoms with E-state index < -0.39 is 0 Å². The molecule has 0 fully saturated rings. The highest BCUT2D eigenvalue weighted by molar-refractivity contribution is 5.15. The average Bonchev–Trinajstić information content (AvgIpc) is 2.75. The predicted molar refractivity (Wildman–Crippen MR) is 60.1 cm³/mol. The van der Waals surface area contributed by atoms with Gasteiger partial charge in [0.05, 0.1) is 6.61 Å². The average molecular weight is 219 g/mol. The Bertz CT molecular complexity index is 345. The molecule has 3 nitrogen and oxygen atoms in total. The van der Waals surface area contributed by atoms with Crippen LogP contribution < -0.4 is 0 Å². The molecule has 2 rings (SSSR count). The maximum atomic E-state index is 5.46. The molecule has 1 atom stereocenters. The van der Waals surface area contributed by atoms with Gasteiger partial charge in [-0.15, -0.1) is 0 Å². The van der Waals surface area contributed by atoms with Crippen LogP contribution >= 0.6 is 0 Å². The molecule has 0 saturated heterocycles. The van der Waals surface area contributed by atoms with Gasteiger partial charge in [-0.2, -0.15) is 0 Å². The molecule has 0 aromatic heterocycles. The van der Waals surface area contributed by atoms with Gasteiger partial charge >= 0.3 is 5.95 Å². The van der Waals surface area contributed by atoms with E-state index in [0.29, 0.717) is 25.4 Å². The lowest BCUT2D eigenvalue weighted by Crippen LogP contribution is -2.12. The molecule has 3 heteroatoms. The van der Waals surface area contributed by atoms with Crippen molar-refractivity contribution in [2.24, 2.45) is 0 Å². The van der Waals surface area contributed by atoms with Gasteiger partial charge < -0.3 is 14.2 Å². The van der Waals surface area contributed by atoms with E-state index in [1.165, 1.54) is 11.8 Å². The summed E-state index contributed by atoms with van der Waals surface area (Å²) in [5.41, 5.74) is 1.18. The second-order valence-electron chi connectivity index (χ2n) is 3.51. The van der Waals surface area contributed by atoms with Crippen LogP contribution in [-0.4, -0.2) is 12.9 Å². The Hall–Kier alpha value is -1.64. The number of ether oxygens (including phenoxy) is 3. The second-order valence-corrected chi connectivity index (χ2v) is 3.51. The van der Waals surface area contributed by atoms with Crippen LogP contribution in [0.2, 0.25) is 0 Å². The summed E-state index contributed by atoms with van der Waals surface area (Å²) in [5.74, 6) is 0.449. The Morgan fingerprint density at radius 2 is 2.06 bits per heavy atom. The first kappa shape index (κ1) is 10.9. The second kappa shape index (κ2) is 5.45. The molecule has 0 amide bonds. The van der Waals surface area contributed by atoms with Crippen molar-refractivity contribution in [3.63, 3.8) is 0 Å². The molecule has 0 bridgehead atoms. The van der Waals surface area contributed by atoms with Crippen molar-refractivity contribution in [1.29, 1.82) is 0 Å². The molecule has 1 radical (unpaired) electrons. The van der Waals surface area contributed by atoms with Crippen molar-refractivity contribution < 1.29 is 14.2 Å². The zero-order valence-electron chi connectivity index (χ0n) is 9.09. The van der Waals surface area contributed by atoms with Crippen LogP contribution in [0.5, 0.6) is 0 Å². The third-order valence-electron chi connectivity index (χ3n) is 2.20. The minimum absolute atomic E-state index is 0.276. The van der Waals surface area contributed by atoms with E-state index in [1.807, 2.05) is 30.3 Å². The van der Waals surface area contributed by atoms with Crippen molar-refractivity contribution >= 4 is 0 Å². The molecule has 16 heavy (non-hydrogen) atoms. The quantitative estimate of drug-likeness (QED) is 0.762.